The predicted molar refractivity (Wildman–Crippen MR) is 331 cm³/mol. The Morgan fingerprint density at radius 2 is 0.578 bits per heavy atom. The van der Waals surface area contributed by atoms with Crippen molar-refractivity contribution in [2.45, 2.75) is 324 Å². The first kappa shape index (κ1) is 81.1. The van der Waals surface area contributed by atoms with E-state index in [4.69, 9.17) is 37.0 Å². The number of aliphatic hydroxyl groups is 1. The van der Waals surface area contributed by atoms with Crippen LogP contribution < -0.4 is 0 Å². The third-order valence-corrected chi connectivity index (χ3v) is 17.6. The lowest BCUT2D eigenvalue weighted by Crippen LogP contribution is -2.30. The highest BCUT2D eigenvalue weighted by Crippen LogP contribution is 2.45. The highest BCUT2D eigenvalue weighted by atomic mass is 31.2. The summed E-state index contributed by atoms with van der Waals surface area (Å²) in [4.78, 5) is 72.2. The zero-order valence-corrected chi connectivity index (χ0v) is 55.6. The van der Waals surface area contributed by atoms with Crippen LogP contribution in [-0.2, 0) is 65.4 Å². The van der Waals surface area contributed by atoms with E-state index in [1.807, 2.05) is 0 Å². The third kappa shape index (κ3) is 55.1. The molecule has 0 aromatic heterocycles. The zero-order valence-electron chi connectivity index (χ0n) is 53.8. The molecule has 83 heavy (non-hydrogen) atoms. The van der Waals surface area contributed by atoms with Crippen LogP contribution in [0.15, 0.2) is 0 Å². The molecule has 0 spiro atoms. The number of unbranched alkanes of at least 4 members (excludes halogenated alkanes) is 24. The molecule has 0 heterocycles. The van der Waals surface area contributed by atoms with Crippen LogP contribution in [0.2, 0.25) is 0 Å². The van der Waals surface area contributed by atoms with Crippen molar-refractivity contribution in [2.24, 2.45) is 23.7 Å². The second-order valence-electron chi connectivity index (χ2n) is 24.4. The van der Waals surface area contributed by atoms with Crippen LogP contribution in [0.5, 0.6) is 0 Å². The maximum Gasteiger partial charge on any atom is 0.472 e. The van der Waals surface area contributed by atoms with Gasteiger partial charge in [0.05, 0.1) is 26.4 Å². The van der Waals surface area contributed by atoms with E-state index < -0.39 is 97.5 Å². The Morgan fingerprint density at radius 1 is 0.337 bits per heavy atom. The normalized spacial score (nSPS) is 15.4. The Balaban J connectivity index is 5.26. The fourth-order valence-corrected chi connectivity index (χ4v) is 10.9. The smallest absolute Gasteiger partial charge is 0.462 e. The Labute approximate surface area is 505 Å². The van der Waals surface area contributed by atoms with Crippen molar-refractivity contribution in [1.29, 1.82) is 0 Å². The van der Waals surface area contributed by atoms with E-state index in [9.17, 15) is 43.2 Å². The van der Waals surface area contributed by atoms with E-state index in [2.05, 4.69) is 55.4 Å². The molecule has 0 aliphatic carbocycles. The number of phosphoric ester groups is 2. The van der Waals surface area contributed by atoms with Crippen molar-refractivity contribution in [3.05, 3.63) is 0 Å². The Morgan fingerprint density at radius 3 is 0.855 bits per heavy atom. The van der Waals surface area contributed by atoms with Crippen LogP contribution in [0.4, 0.5) is 0 Å². The van der Waals surface area contributed by atoms with Crippen LogP contribution in [0, 0.1) is 23.7 Å². The molecule has 17 nitrogen and oxygen atoms in total. The van der Waals surface area contributed by atoms with E-state index in [0.717, 1.165) is 120 Å². The molecule has 0 saturated heterocycles. The van der Waals surface area contributed by atoms with Crippen molar-refractivity contribution in [2.75, 3.05) is 39.6 Å². The fourth-order valence-electron chi connectivity index (χ4n) is 9.33. The molecular weight excluding hydrogens is 1100 g/mol. The van der Waals surface area contributed by atoms with Crippen LogP contribution in [-0.4, -0.2) is 96.7 Å². The number of hydrogen-bond acceptors (Lipinski definition) is 15. The number of phosphoric acid groups is 2. The Hall–Kier alpha value is -1.94. The lowest BCUT2D eigenvalue weighted by atomic mass is 9.99. The van der Waals surface area contributed by atoms with Crippen molar-refractivity contribution in [3.8, 4) is 0 Å². The maximum atomic E-state index is 13.0. The third-order valence-electron chi connectivity index (χ3n) is 15.7. The summed E-state index contributed by atoms with van der Waals surface area (Å²) in [5.74, 6) is 0.790. The molecule has 0 saturated carbocycles. The average molecular weight is 1230 g/mol. The second-order valence-corrected chi connectivity index (χ2v) is 27.3. The first-order valence-corrected chi connectivity index (χ1v) is 36.3. The first-order valence-electron chi connectivity index (χ1n) is 33.3. The Kier molecular flexibility index (Phi) is 53.0. The quantitative estimate of drug-likeness (QED) is 0.0222. The van der Waals surface area contributed by atoms with Gasteiger partial charge in [-0.3, -0.25) is 37.3 Å². The molecule has 0 amide bonds. The van der Waals surface area contributed by atoms with Gasteiger partial charge in [0.2, 0.25) is 0 Å². The Bertz CT molecular complexity index is 1670. The number of rotatable bonds is 61. The van der Waals surface area contributed by atoms with Crippen LogP contribution >= 0.6 is 15.6 Å². The van der Waals surface area contributed by atoms with Gasteiger partial charge in [0.25, 0.3) is 0 Å². The summed E-state index contributed by atoms with van der Waals surface area (Å²) in [5, 5.41) is 10.5. The summed E-state index contributed by atoms with van der Waals surface area (Å²) >= 11 is 0. The van der Waals surface area contributed by atoms with Crippen molar-refractivity contribution < 1.29 is 80.2 Å². The van der Waals surface area contributed by atoms with Crippen molar-refractivity contribution in [1.82, 2.24) is 0 Å². The van der Waals surface area contributed by atoms with E-state index in [0.29, 0.717) is 31.6 Å². The molecule has 0 rings (SSSR count). The minimum Gasteiger partial charge on any atom is -0.462 e. The minimum absolute atomic E-state index is 0.100. The summed E-state index contributed by atoms with van der Waals surface area (Å²) in [6, 6.07) is 0. The maximum absolute atomic E-state index is 13.0. The summed E-state index contributed by atoms with van der Waals surface area (Å²) < 4.78 is 68.0. The summed E-state index contributed by atoms with van der Waals surface area (Å²) in [6.07, 6.45) is 33.6. The van der Waals surface area contributed by atoms with Gasteiger partial charge in [-0.05, 0) is 49.4 Å². The van der Waals surface area contributed by atoms with Crippen molar-refractivity contribution in [3.63, 3.8) is 0 Å². The number of esters is 4. The molecule has 0 radical (unpaired) electrons. The predicted octanol–water partition coefficient (Wildman–Crippen LogP) is 17.4. The number of carbonyl (C=O) groups is 4. The zero-order chi connectivity index (χ0) is 61.8. The lowest BCUT2D eigenvalue weighted by Gasteiger charge is -2.21. The van der Waals surface area contributed by atoms with Gasteiger partial charge in [-0.25, -0.2) is 9.13 Å². The number of hydrogen-bond donors (Lipinski definition) is 3. The number of aliphatic hydroxyl groups excluding tert-OH is 1. The molecule has 0 aromatic rings. The highest BCUT2D eigenvalue weighted by Gasteiger charge is 2.30. The molecular formula is C64H124O17P2. The van der Waals surface area contributed by atoms with Crippen molar-refractivity contribution >= 4 is 39.5 Å². The molecule has 0 aliphatic rings. The second kappa shape index (κ2) is 54.2. The molecule has 8 atom stereocenters. The van der Waals surface area contributed by atoms with Gasteiger partial charge in [-0.2, -0.15) is 0 Å². The molecule has 0 fully saturated rings. The minimum atomic E-state index is -4.95. The first-order chi connectivity index (χ1) is 39.7. The highest BCUT2D eigenvalue weighted by molar-refractivity contribution is 7.47. The molecule has 5 unspecified atom stereocenters. The number of ether oxygens (including phenoxy) is 4. The van der Waals surface area contributed by atoms with Gasteiger partial charge in [0, 0.05) is 25.7 Å². The summed E-state index contributed by atoms with van der Waals surface area (Å²) in [6.45, 7) is 13.9. The molecule has 492 valence electrons. The SMILES string of the molecule is CCC(C)CCCCCCCCCCCCC(=O)O[C@H](COC(=O)CCCCCCCCC(C)CC)COP(=O)(O)OC[C@@H](O)COP(=O)(O)OC[C@@H](COC(=O)CCCCCCCCC(C)CC)OC(=O)CCCCCCCCC(C)C. The lowest BCUT2D eigenvalue weighted by molar-refractivity contribution is -0.161. The summed E-state index contributed by atoms with van der Waals surface area (Å²) in [5.41, 5.74) is 0. The number of carbonyl (C=O) groups excluding carboxylic acids is 4. The monoisotopic (exact) mass is 1230 g/mol. The standard InChI is InChI=1S/C64H124O17P2/c1-9-55(6)41-33-25-16-14-12-13-15-17-30-38-46-63(68)80-59(50-74-61(66)44-36-28-22-19-26-34-42-56(7)10-2)52-78-82(70,71)76-48-58(65)49-77-83(72,73)79-53-60(81-64(69)47-39-31-21-18-24-32-40-54(4)5)51-75-62(67)45-37-29-23-20-27-35-43-57(8)11-3/h54-60,65H,9-53H2,1-8H3,(H,70,71)(H,72,73)/t55?,56?,57?,58-,59-,60-/m1/s1. The molecule has 0 bridgehead atoms. The van der Waals surface area contributed by atoms with Gasteiger partial charge in [0.1, 0.15) is 19.3 Å². The topological polar surface area (TPSA) is 237 Å². The molecule has 3 N–H and O–H groups in total. The van der Waals surface area contributed by atoms with Crippen LogP contribution in [0.25, 0.3) is 0 Å². The van der Waals surface area contributed by atoms with E-state index in [-0.39, 0.29) is 25.7 Å². The molecule has 19 heteroatoms. The molecule has 0 aliphatic heterocycles. The van der Waals surface area contributed by atoms with Crippen LogP contribution in [0.3, 0.4) is 0 Å². The molecule has 0 aromatic carbocycles. The van der Waals surface area contributed by atoms with E-state index >= 15 is 0 Å². The van der Waals surface area contributed by atoms with Gasteiger partial charge < -0.3 is 33.8 Å². The van der Waals surface area contributed by atoms with Gasteiger partial charge in [-0.1, -0.05) is 254 Å². The van der Waals surface area contributed by atoms with Gasteiger partial charge in [0.15, 0.2) is 12.2 Å². The van der Waals surface area contributed by atoms with E-state index in [1.165, 1.54) is 96.3 Å². The summed E-state index contributed by atoms with van der Waals surface area (Å²) in [7, 11) is -9.89. The van der Waals surface area contributed by atoms with E-state index in [1.54, 1.807) is 0 Å². The van der Waals surface area contributed by atoms with Gasteiger partial charge >= 0.3 is 39.5 Å². The van der Waals surface area contributed by atoms with Crippen LogP contribution in [0.1, 0.15) is 306 Å². The fraction of sp³-hybridized carbons (Fsp3) is 0.938. The largest absolute Gasteiger partial charge is 0.472 e. The average Bonchev–Trinajstić information content (AvgIpc) is 3.45. The van der Waals surface area contributed by atoms with Gasteiger partial charge in [-0.15, -0.1) is 0 Å².